The summed E-state index contributed by atoms with van der Waals surface area (Å²) in [4.78, 5) is 17.3. The number of ether oxygens (including phenoxy) is 2. The number of carbonyl (C=O) groups excluding carboxylic acids is 1. The van der Waals surface area contributed by atoms with E-state index in [2.05, 4.69) is 20.5 Å². The number of alkyl carbamates (subject to hydrolysis) is 1. The van der Waals surface area contributed by atoms with Gasteiger partial charge in [-0.2, -0.15) is 18.3 Å². The number of rotatable bonds is 8. The highest BCUT2D eigenvalue weighted by Crippen LogP contribution is 2.51. The molecule has 7 rings (SSSR count). The lowest BCUT2D eigenvalue weighted by molar-refractivity contribution is -0.139. The third-order valence-corrected chi connectivity index (χ3v) is 9.37. The molecular weight excluding hydrogens is 653 g/mol. The molecule has 1 aliphatic heterocycles. The summed E-state index contributed by atoms with van der Waals surface area (Å²) in [5.74, 6) is 0. The van der Waals surface area contributed by atoms with Crippen molar-refractivity contribution in [3.05, 3.63) is 155 Å². The molecule has 1 fully saturated rings. The average molecular weight is 691 g/mol. The van der Waals surface area contributed by atoms with Gasteiger partial charge in [-0.1, -0.05) is 115 Å². The molecule has 0 bridgehead atoms. The van der Waals surface area contributed by atoms with Gasteiger partial charge in [0.25, 0.3) is 0 Å². The Bertz CT molecular complexity index is 2060. The van der Waals surface area contributed by atoms with Gasteiger partial charge in [-0.3, -0.25) is 5.10 Å². The zero-order valence-corrected chi connectivity index (χ0v) is 28.4. The third-order valence-electron chi connectivity index (χ3n) is 9.37. The molecule has 2 N–H and O–H groups in total. The summed E-state index contributed by atoms with van der Waals surface area (Å²) < 4.78 is 55.8. The summed E-state index contributed by atoms with van der Waals surface area (Å²) >= 11 is 0. The Morgan fingerprint density at radius 2 is 1.41 bits per heavy atom. The number of nitrogens with zero attached hydrogens (tertiary/aromatic N) is 2. The summed E-state index contributed by atoms with van der Waals surface area (Å²) in [6, 6.07) is 36.7. The number of hydrogen-bond acceptors (Lipinski definition) is 5. The highest BCUT2D eigenvalue weighted by atomic mass is 19.4. The van der Waals surface area contributed by atoms with Crippen molar-refractivity contribution in [2.45, 2.75) is 43.4 Å². The number of aromatic amines is 1. The van der Waals surface area contributed by atoms with Gasteiger partial charge in [-0.25, -0.2) is 9.78 Å². The van der Waals surface area contributed by atoms with E-state index in [1.807, 2.05) is 115 Å². The van der Waals surface area contributed by atoms with E-state index in [-0.39, 0.29) is 17.6 Å². The Morgan fingerprint density at radius 3 is 1.90 bits per heavy atom. The lowest BCUT2D eigenvalue weighted by Gasteiger charge is -2.42. The normalized spacial score (nSPS) is 14.5. The maximum absolute atomic E-state index is 14.9. The van der Waals surface area contributed by atoms with Crippen molar-refractivity contribution in [3.8, 4) is 11.1 Å². The van der Waals surface area contributed by atoms with Crippen LogP contribution in [0.15, 0.2) is 121 Å². The molecule has 0 radical (unpaired) electrons. The molecule has 10 heteroatoms. The van der Waals surface area contributed by atoms with Crippen LogP contribution < -0.4 is 5.32 Å². The second-order valence-electron chi connectivity index (χ2n) is 13.9. The van der Waals surface area contributed by atoms with Gasteiger partial charge in [0.05, 0.1) is 29.4 Å². The van der Waals surface area contributed by atoms with Crippen molar-refractivity contribution in [1.29, 1.82) is 0 Å². The van der Waals surface area contributed by atoms with E-state index < -0.39 is 34.4 Å². The fraction of sp³-hybridized carbons (Fsp3) is 0.244. The first kappa shape index (κ1) is 34.0. The average Bonchev–Trinajstić information content (AvgIpc) is 3.54. The quantitative estimate of drug-likeness (QED) is 0.156. The number of halogens is 3. The van der Waals surface area contributed by atoms with Crippen LogP contribution in [0.1, 0.15) is 54.3 Å². The number of benzene rings is 4. The number of H-pyrrole nitrogens is 1. The Hall–Kier alpha value is -5.48. The lowest BCUT2D eigenvalue weighted by atomic mass is 9.63. The molecule has 0 spiro atoms. The van der Waals surface area contributed by atoms with Gasteiger partial charge < -0.3 is 14.8 Å². The maximum atomic E-state index is 14.9. The van der Waals surface area contributed by atoms with Crippen LogP contribution in [0.3, 0.4) is 0 Å². The van der Waals surface area contributed by atoms with Crippen LogP contribution in [-0.4, -0.2) is 46.6 Å². The van der Waals surface area contributed by atoms with Gasteiger partial charge in [0, 0.05) is 18.3 Å². The minimum Gasteiger partial charge on any atom is -0.444 e. The van der Waals surface area contributed by atoms with Crippen LogP contribution in [0, 0.1) is 0 Å². The number of fused-ring (bicyclic) bond motifs is 1. The summed E-state index contributed by atoms with van der Waals surface area (Å²) in [5.41, 5.74) is 1.34. The van der Waals surface area contributed by atoms with E-state index in [0.717, 1.165) is 22.3 Å². The number of nitrogens with one attached hydrogen (secondary N) is 2. The lowest BCUT2D eigenvalue weighted by Crippen LogP contribution is -2.54. The molecule has 7 nitrogen and oxygen atoms in total. The fourth-order valence-electron chi connectivity index (χ4n) is 7.09. The SMILES string of the molecule is CC(C)(C)OC(=O)NCC1(c2cccc(-c3c(C(c4ccccc4)(c4ccccc4)c4ccccc4)cnc4[nH]nc(C(F)(F)F)c34)c2)COC1. The van der Waals surface area contributed by atoms with Crippen LogP contribution in [0.25, 0.3) is 22.2 Å². The van der Waals surface area contributed by atoms with Crippen LogP contribution >= 0.6 is 0 Å². The van der Waals surface area contributed by atoms with E-state index in [9.17, 15) is 18.0 Å². The van der Waals surface area contributed by atoms with Crippen LogP contribution in [-0.2, 0) is 26.5 Å². The fourth-order valence-corrected chi connectivity index (χ4v) is 7.09. The monoisotopic (exact) mass is 690 g/mol. The predicted octanol–water partition coefficient (Wildman–Crippen LogP) is 8.82. The Balaban J connectivity index is 1.52. The minimum absolute atomic E-state index is 0.0165. The molecule has 4 aromatic carbocycles. The van der Waals surface area contributed by atoms with E-state index >= 15 is 0 Å². The Labute approximate surface area is 293 Å². The highest BCUT2D eigenvalue weighted by molar-refractivity contribution is 5.98. The number of aromatic nitrogens is 3. The largest absolute Gasteiger partial charge is 0.444 e. The predicted molar refractivity (Wildman–Crippen MR) is 189 cm³/mol. The summed E-state index contributed by atoms with van der Waals surface area (Å²) in [6.45, 7) is 6.20. The molecule has 0 aliphatic carbocycles. The molecule has 1 aliphatic rings. The van der Waals surface area contributed by atoms with Crippen molar-refractivity contribution in [2.75, 3.05) is 19.8 Å². The van der Waals surface area contributed by atoms with Crippen molar-refractivity contribution in [1.82, 2.24) is 20.5 Å². The smallest absolute Gasteiger partial charge is 0.435 e. The van der Waals surface area contributed by atoms with Gasteiger partial charge in [0.1, 0.15) is 5.60 Å². The zero-order chi connectivity index (χ0) is 35.9. The van der Waals surface area contributed by atoms with E-state index in [4.69, 9.17) is 9.47 Å². The van der Waals surface area contributed by atoms with Crippen molar-refractivity contribution in [2.24, 2.45) is 0 Å². The second-order valence-corrected chi connectivity index (χ2v) is 13.9. The summed E-state index contributed by atoms with van der Waals surface area (Å²) in [5, 5.41) is 9.09. The summed E-state index contributed by atoms with van der Waals surface area (Å²) in [7, 11) is 0. The molecule has 260 valence electrons. The van der Waals surface area contributed by atoms with Crippen LogP contribution in [0.5, 0.6) is 0 Å². The Kier molecular flexibility index (Phi) is 8.67. The minimum atomic E-state index is -4.78. The van der Waals surface area contributed by atoms with E-state index in [1.165, 1.54) is 0 Å². The number of pyridine rings is 1. The number of hydrogen-bond donors (Lipinski definition) is 2. The molecule has 3 heterocycles. The van der Waals surface area contributed by atoms with Gasteiger partial charge in [0.2, 0.25) is 0 Å². The van der Waals surface area contributed by atoms with Gasteiger partial charge >= 0.3 is 12.3 Å². The topological polar surface area (TPSA) is 89.1 Å². The van der Waals surface area contributed by atoms with Crippen LogP contribution in [0.4, 0.5) is 18.0 Å². The van der Waals surface area contributed by atoms with Gasteiger partial charge in [-0.15, -0.1) is 0 Å². The first-order valence-corrected chi connectivity index (χ1v) is 16.7. The number of alkyl halides is 3. The van der Waals surface area contributed by atoms with Gasteiger partial charge in [-0.05, 0) is 54.2 Å². The molecule has 51 heavy (non-hydrogen) atoms. The molecule has 0 unspecified atom stereocenters. The summed E-state index contributed by atoms with van der Waals surface area (Å²) in [6.07, 6.45) is -3.67. The van der Waals surface area contributed by atoms with Crippen molar-refractivity contribution >= 4 is 17.1 Å². The van der Waals surface area contributed by atoms with Crippen molar-refractivity contribution < 1.29 is 27.4 Å². The standard InChI is InChI=1S/C41H37F3N4O3/c1-38(2,3)51-37(49)46-24-39(25-50-26-39)31-21-13-14-27(22-31)33-32(23-45-36-34(33)35(47-48-36)41(42,43)44)40(28-15-7-4-8-16-28,29-17-9-5-10-18-29)30-19-11-6-12-20-30/h4-23H,24-26H2,1-3H3,(H,46,49)(H,45,47,48). The molecule has 0 saturated carbocycles. The molecule has 2 aromatic heterocycles. The first-order valence-electron chi connectivity index (χ1n) is 16.7. The molecule has 6 aromatic rings. The van der Waals surface area contributed by atoms with Crippen LogP contribution in [0.2, 0.25) is 0 Å². The number of carbonyl (C=O) groups is 1. The van der Waals surface area contributed by atoms with E-state index in [1.54, 1.807) is 27.0 Å². The number of amides is 1. The molecular formula is C41H37F3N4O3. The molecule has 1 saturated heterocycles. The first-order chi connectivity index (χ1) is 24.4. The second kappa shape index (κ2) is 13.0. The van der Waals surface area contributed by atoms with Crippen molar-refractivity contribution in [3.63, 3.8) is 0 Å². The van der Waals surface area contributed by atoms with Gasteiger partial charge in [0.15, 0.2) is 11.3 Å². The maximum Gasteiger partial charge on any atom is 0.435 e. The zero-order valence-electron chi connectivity index (χ0n) is 28.4. The Morgan fingerprint density at radius 1 is 0.843 bits per heavy atom. The third kappa shape index (κ3) is 6.25. The molecule has 1 amide bonds. The molecule has 0 atom stereocenters. The van der Waals surface area contributed by atoms with E-state index in [0.29, 0.717) is 29.9 Å². The highest BCUT2D eigenvalue weighted by Gasteiger charge is 2.45.